The van der Waals surface area contributed by atoms with Crippen molar-refractivity contribution in [3.05, 3.63) is 35.9 Å². The van der Waals surface area contributed by atoms with Gasteiger partial charge in [-0.15, -0.1) is 0 Å². The van der Waals surface area contributed by atoms with Crippen LogP contribution in [0, 0.1) is 23.2 Å². The van der Waals surface area contributed by atoms with Gasteiger partial charge >= 0.3 is 136 Å². The molecule has 0 aliphatic heterocycles. The fraction of sp³-hybridized carbons (Fsp3) is 0.684. The van der Waals surface area contributed by atoms with Crippen LogP contribution in [0.1, 0.15) is 45.3 Å². The number of fused-ring (bicyclic) bond motifs is 1. The quantitative estimate of drug-likeness (QED) is 0.679. The van der Waals surface area contributed by atoms with Gasteiger partial charge in [0.25, 0.3) is 0 Å². The Kier molecular flexibility index (Phi) is 4.50. The van der Waals surface area contributed by atoms with Gasteiger partial charge in [0, 0.05) is 0 Å². The van der Waals surface area contributed by atoms with Crippen molar-refractivity contribution in [2.45, 2.75) is 49.9 Å². The summed E-state index contributed by atoms with van der Waals surface area (Å²) in [5.74, 6) is 2.95. The minimum atomic E-state index is 0.295. The predicted molar refractivity (Wildman–Crippen MR) is 89.7 cm³/mol. The number of methoxy groups -OCH3 is 1. The van der Waals surface area contributed by atoms with Crippen molar-refractivity contribution in [1.29, 1.82) is 0 Å². The van der Waals surface area contributed by atoms with E-state index in [4.69, 9.17) is 4.74 Å². The number of rotatable bonds is 5. The zero-order chi connectivity index (χ0) is 15.0. The molecule has 2 saturated carbocycles. The molecule has 0 aromatic heterocycles. The molecule has 0 saturated heterocycles. The fourth-order valence-corrected chi connectivity index (χ4v) is 7.46. The summed E-state index contributed by atoms with van der Waals surface area (Å²) in [6, 6.07) is 10.7. The molecular formula is C19H28OSe. The number of benzene rings is 1. The van der Waals surface area contributed by atoms with E-state index in [9.17, 15) is 0 Å². The normalized spacial score (nSPS) is 35.0. The topological polar surface area (TPSA) is 9.23 Å². The van der Waals surface area contributed by atoms with Crippen molar-refractivity contribution < 1.29 is 4.74 Å². The van der Waals surface area contributed by atoms with E-state index in [0.29, 0.717) is 26.5 Å². The van der Waals surface area contributed by atoms with Gasteiger partial charge in [-0.25, -0.2) is 0 Å². The zero-order valence-corrected chi connectivity index (χ0v) is 15.4. The van der Waals surface area contributed by atoms with Gasteiger partial charge in [0.2, 0.25) is 0 Å². The number of hydrogen-bond donors (Lipinski definition) is 0. The third kappa shape index (κ3) is 3.09. The van der Waals surface area contributed by atoms with E-state index in [1.807, 2.05) is 7.11 Å². The molecule has 1 nitrogen and oxygen atoms in total. The monoisotopic (exact) mass is 352 g/mol. The summed E-state index contributed by atoms with van der Waals surface area (Å²) in [4.78, 5) is 0.960. The zero-order valence-electron chi connectivity index (χ0n) is 13.7. The number of hydrogen-bond acceptors (Lipinski definition) is 1. The molecule has 0 radical (unpaired) electrons. The van der Waals surface area contributed by atoms with Gasteiger partial charge in [-0.3, -0.25) is 0 Å². The molecule has 0 heterocycles. The molecule has 1 aromatic carbocycles. The second kappa shape index (κ2) is 6.07. The van der Waals surface area contributed by atoms with Gasteiger partial charge in [0.15, 0.2) is 0 Å². The Labute approximate surface area is 136 Å². The van der Waals surface area contributed by atoms with Crippen molar-refractivity contribution in [1.82, 2.24) is 0 Å². The Morgan fingerprint density at radius 1 is 1.19 bits per heavy atom. The summed E-state index contributed by atoms with van der Waals surface area (Å²) in [6.07, 6.45) is 3.24. The van der Waals surface area contributed by atoms with Crippen molar-refractivity contribution >= 4 is 15.0 Å². The van der Waals surface area contributed by atoms with E-state index in [-0.39, 0.29) is 0 Å². The van der Waals surface area contributed by atoms with Crippen LogP contribution in [0.2, 0.25) is 10.1 Å². The Balaban J connectivity index is 1.57. The molecule has 5 atom stereocenters. The second-order valence-corrected chi connectivity index (χ2v) is 10.2. The molecular weight excluding hydrogens is 323 g/mol. The van der Waals surface area contributed by atoms with Crippen LogP contribution in [-0.2, 0) is 4.74 Å². The van der Waals surface area contributed by atoms with Crippen LogP contribution in [0.5, 0.6) is 0 Å². The molecule has 3 rings (SSSR count). The number of ether oxygens (including phenoxy) is 1. The maximum absolute atomic E-state index is 5.76. The molecule has 116 valence electrons. The van der Waals surface area contributed by atoms with Crippen molar-refractivity contribution in [2.24, 2.45) is 23.2 Å². The fourth-order valence-electron chi connectivity index (χ4n) is 4.24. The Bertz CT molecular complexity index is 470. The molecule has 1 aromatic rings. The van der Waals surface area contributed by atoms with Crippen LogP contribution >= 0.6 is 0 Å². The van der Waals surface area contributed by atoms with Crippen molar-refractivity contribution in [3.8, 4) is 0 Å². The van der Waals surface area contributed by atoms with Gasteiger partial charge in [0.1, 0.15) is 0 Å². The van der Waals surface area contributed by atoms with Gasteiger partial charge < -0.3 is 0 Å². The van der Waals surface area contributed by atoms with E-state index in [0.717, 1.165) is 22.6 Å². The van der Waals surface area contributed by atoms with E-state index in [1.54, 1.807) is 0 Å². The summed E-state index contributed by atoms with van der Waals surface area (Å²) in [5.41, 5.74) is 1.98. The third-order valence-electron chi connectivity index (χ3n) is 5.95. The molecule has 0 amide bonds. The predicted octanol–water partition coefficient (Wildman–Crippen LogP) is 4.99. The summed E-state index contributed by atoms with van der Waals surface area (Å²) < 4.78 is 5.76. The van der Waals surface area contributed by atoms with E-state index in [2.05, 4.69) is 51.1 Å². The minimum absolute atomic E-state index is 0.295. The molecule has 0 spiro atoms. The van der Waals surface area contributed by atoms with Crippen LogP contribution < -0.4 is 0 Å². The van der Waals surface area contributed by atoms with E-state index in [1.165, 1.54) is 23.7 Å². The Morgan fingerprint density at radius 2 is 1.86 bits per heavy atom. The summed E-state index contributed by atoms with van der Waals surface area (Å²) in [7, 11) is 1.86. The maximum atomic E-state index is 5.76. The van der Waals surface area contributed by atoms with Gasteiger partial charge in [-0.1, -0.05) is 0 Å². The molecule has 0 N–H and O–H groups in total. The first-order valence-electron chi connectivity index (χ1n) is 8.23. The standard InChI is InChI=1S/C19H28OSe/c1-13-10-15-16(19(15,2)3)11-18(13)21-12-17(20-4)14-8-6-5-7-9-14/h5-9,13,15-18H,10-12H2,1-4H3/t13-,15+,16-,17?,18-/m1/s1. The SMILES string of the molecule is COC(C[Se][C@@H]1C[C@@H]2[C@H](C[C@H]1C)C2(C)C)c1ccccc1. The van der Waals surface area contributed by atoms with Crippen molar-refractivity contribution in [2.75, 3.05) is 7.11 Å². The van der Waals surface area contributed by atoms with Crippen LogP contribution in [0.25, 0.3) is 0 Å². The molecule has 0 bridgehead atoms. The third-order valence-corrected chi connectivity index (χ3v) is 9.27. The first-order chi connectivity index (χ1) is 10.0. The Hall–Kier alpha value is -0.301. The van der Waals surface area contributed by atoms with Gasteiger partial charge in [-0.2, -0.15) is 0 Å². The van der Waals surface area contributed by atoms with Crippen LogP contribution in [0.15, 0.2) is 30.3 Å². The molecule has 1 unspecified atom stereocenters. The van der Waals surface area contributed by atoms with Gasteiger partial charge in [0.05, 0.1) is 0 Å². The average Bonchev–Trinajstić information content (AvgIpc) is 3.01. The van der Waals surface area contributed by atoms with E-state index < -0.39 is 0 Å². The molecule has 2 aliphatic carbocycles. The van der Waals surface area contributed by atoms with Crippen LogP contribution in [-0.4, -0.2) is 22.1 Å². The van der Waals surface area contributed by atoms with Crippen LogP contribution in [0.4, 0.5) is 0 Å². The first-order valence-corrected chi connectivity index (χ1v) is 10.4. The Morgan fingerprint density at radius 3 is 2.52 bits per heavy atom. The molecule has 2 aliphatic rings. The van der Waals surface area contributed by atoms with Crippen molar-refractivity contribution in [3.63, 3.8) is 0 Å². The molecule has 21 heavy (non-hydrogen) atoms. The summed E-state index contributed by atoms with van der Waals surface area (Å²) in [5, 5.41) is 1.22. The summed E-state index contributed by atoms with van der Waals surface area (Å²) in [6.45, 7) is 7.44. The second-order valence-electron chi connectivity index (χ2n) is 7.49. The summed E-state index contributed by atoms with van der Waals surface area (Å²) >= 11 is 0.694. The van der Waals surface area contributed by atoms with E-state index >= 15 is 0 Å². The average molecular weight is 351 g/mol. The van der Waals surface area contributed by atoms with Crippen LogP contribution in [0.3, 0.4) is 0 Å². The molecule has 2 heteroatoms. The first kappa shape index (κ1) is 15.6. The molecule has 2 fully saturated rings. The van der Waals surface area contributed by atoms with Gasteiger partial charge in [-0.05, 0) is 0 Å².